The molecule has 0 bridgehead atoms. The maximum atomic E-state index is 11.6. The number of hydrogen-bond acceptors (Lipinski definition) is 4. The third-order valence-electron chi connectivity index (χ3n) is 3.75. The first kappa shape index (κ1) is 12.3. The Balaban J connectivity index is 1.89. The first-order valence-electron chi connectivity index (χ1n) is 6.21. The van der Waals surface area contributed by atoms with Gasteiger partial charge in [-0.05, 0) is 31.7 Å². The summed E-state index contributed by atoms with van der Waals surface area (Å²) in [6.07, 6.45) is 5.50. The fourth-order valence-electron chi connectivity index (χ4n) is 2.52. The molecule has 0 aromatic carbocycles. The van der Waals surface area contributed by atoms with Crippen LogP contribution in [-0.2, 0) is 9.84 Å². The first-order valence-corrected chi connectivity index (χ1v) is 8.03. The van der Waals surface area contributed by atoms with Gasteiger partial charge in [-0.3, -0.25) is 0 Å². The summed E-state index contributed by atoms with van der Waals surface area (Å²) in [5.74, 6) is 1.43. The maximum absolute atomic E-state index is 11.6. The number of sulfone groups is 1. The van der Waals surface area contributed by atoms with E-state index < -0.39 is 9.84 Å². The minimum Gasteiger partial charge on any atom is -0.329 e. The molecule has 0 aromatic rings. The Bertz CT molecular complexity index is 338. The van der Waals surface area contributed by atoms with Crippen molar-refractivity contribution < 1.29 is 8.42 Å². The quantitative estimate of drug-likeness (QED) is 0.731. The van der Waals surface area contributed by atoms with Crippen molar-refractivity contribution in [2.75, 3.05) is 24.6 Å². The van der Waals surface area contributed by atoms with Crippen LogP contribution in [0.3, 0.4) is 0 Å². The van der Waals surface area contributed by atoms with Gasteiger partial charge in [-0.25, -0.2) is 8.42 Å². The Hall–Kier alpha value is -0.130. The number of hydrogen-bond donors (Lipinski definition) is 2. The van der Waals surface area contributed by atoms with Crippen LogP contribution in [0.1, 0.15) is 32.1 Å². The van der Waals surface area contributed by atoms with E-state index in [2.05, 4.69) is 5.32 Å². The molecule has 1 aliphatic carbocycles. The van der Waals surface area contributed by atoms with E-state index in [1.165, 1.54) is 19.3 Å². The summed E-state index contributed by atoms with van der Waals surface area (Å²) in [5.41, 5.74) is 5.42. The Morgan fingerprint density at radius 1 is 1.38 bits per heavy atom. The van der Waals surface area contributed by atoms with E-state index in [9.17, 15) is 8.42 Å². The van der Waals surface area contributed by atoms with Gasteiger partial charge in [-0.2, -0.15) is 0 Å². The number of nitrogens with two attached hydrogens (primary N) is 1. The highest BCUT2D eigenvalue weighted by molar-refractivity contribution is 7.91. The van der Waals surface area contributed by atoms with Gasteiger partial charge < -0.3 is 11.1 Å². The zero-order valence-corrected chi connectivity index (χ0v) is 10.6. The lowest BCUT2D eigenvalue weighted by Crippen LogP contribution is -2.58. The lowest BCUT2D eigenvalue weighted by Gasteiger charge is -2.37. The van der Waals surface area contributed by atoms with Crippen LogP contribution < -0.4 is 11.1 Å². The Labute approximate surface area is 97.9 Å². The van der Waals surface area contributed by atoms with Gasteiger partial charge in [0.2, 0.25) is 0 Å². The highest BCUT2D eigenvalue weighted by atomic mass is 32.2. The Morgan fingerprint density at radius 3 is 2.69 bits per heavy atom. The molecule has 94 valence electrons. The summed E-state index contributed by atoms with van der Waals surface area (Å²) in [6.45, 7) is 1.34. The van der Waals surface area contributed by atoms with E-state index in [-0.39, 0.29) is 11.3 Å². The molecule has 0 radical (unpaired) electrons. The second-order valence-corrected chi connectivity index (χ2v) is 7.52. The summed E-state index contributed by atoms with van der Waals surface area (Å²) in [7, 11) is -2.88. The molecule has 2 fully saturated rings. The smallest absolute Gasteiger partial charge is 0.152 e. The van der Waals surface area contributed by atoms with Crippen molar-refractivity contribution in [1.82, 2.24) is 5.32 Å². The van der Waals surface area contributed by atoms with Gasteiger partial charge in [0.15, 0.2) is 9.84 Å². The van der Waals surface area contributed by atoms with E-state index in [1.807, 2.05) is 0 Å². The fraction of sp³-hybridized carbons (Fsp3) is 1.00. The van der Waals surface area contributed by atoms with Crippen molar-refractivity contribution in [3.05, 3.63) is 0 Å². The second kappa shape index (κ2) is 4.63. The van der Waals surface area contributed by atoms with Crippen molar-refractivity contribution in [1.29, 1.82) is 0 Å². The maximum Gasteiger partial charge on any atom is 0.152 e. The van der Waals surface area contributed by atoms with E-state index >= 15 is 0 Å². The monoisotopic (exact) mass is 246 g/mol. The minimum absolute atomic E-state index is 0.223. The van der Waals surface area contributed by atoms with Crippen LogP contribution in [-0.4, -0.2) is 38.6 Å². The van der Waals surface area contributed by atoms with Gasteiger partial charge in [0.05, 0.1) is 11.5 Å². The molecule has 2 aliphatic rings. The molecular formula is C11H22N2O2S. The fourth-order valence-corrected chi connectivity index (χ4v) is 4.45. The largest absolute Gasteiger partial charge is 0.329 e. The van der Waals surface area contributed by atoms with Crippen LogP contribution >= 0.6 is 0 Å². The van der Waals surface area contributed by atoms with Gasteiger partial charge >= 0.3 is 0 Å². The minimum atomic E-state index is -2.88. The van der Waals surface area contributed by atoms with Gasteiger partial charge in [0.1, 0.15) is 0 Å². The molecule has 16 heavy (non-hydrogen) atoms. The molecule has 4 nitrogen and oxygen atoms in total. The van der Waals surface area contributed by atoms with Crippen molar-refractivity contribution in [2.24, 2.45) is 11.7 Å². The highest BCUT2D eigenvalue weighted by Crippen LogP contribution is 2.32. The Morgan fingerprint density at radius 2 is 2.12 bits per heavy atom. The lowest BCUT2D eigenvalue weighted by molar-refractivity contribution is 0.323. The number of rotatable bonds is 5. The lowest BCUT2D eigenvalue weighted by atomic mass is 9.95. The summed E-state index contributed by atoms with van der Waals surface area (Å²) >= 11 is 0. The Kier molecular flexibility index (Phi) is 3.56. The van der Waals surface area contributed by atoms with E-state index in [1.54, 1.807) is 0 Å². The van der Waals surface area contributed by atoms with Crippen LogP contribution in [0.4, 0.5) is 0 Å². The van der Waals surface area contributed by atoms with Gasteiger partial charge in [-0.15, -0.1) is 0 Å². The molecule has 1 saturated heterocycles. The van der Waals surface area contributed by atoms with Crippen LogP contribution in [0, 0.1) is 5.92 Å². The SMILES string of the molecule is NCC1(NCCC2CC2)CCCS(=O)(=O)C1. The molecule has 0 aromatic heterocycles. The molecule has 1 saturated carbocycles. The average molecular weight is 246 g/mol. The van der Waals surface area contributed by atoms with Crippen LogP contribution in [0.25, 0.3) is 0 Å². The van der Waals surface area contributed by atoms with E-state index in [4.69, 9.17) is 5.73 Å². The third-order valence-corrected chi connectivity index (χ3v) is 5.65. The predicted octanol–water partition coefficient (Wildman–Crippen LogP) is 0.282. The second-order valence-electron chi connectivity index (χ2n) is 5.34. The molecule has 3 N–H and O–H groups in total. The molecule has 1 heterocycles. The van der Waals surface area contributed by atoms with Gasteiger partial charge in [0.25, 0.3) is 0 Å². The summed E-state index contributed by atoms with van der Waals surface area (Å²) in [4.78, 5) is 0. The normalized spacial score (nSPS) is 33.8. The molecule has 0 spiro atoms. The van der Waals surface area contributed by atoms with Gasteiger partial charge in [-0.1, -0.05) is 12.8 Å². The van der Waals surface area contributed by atoms with E-state index in [0.29, 0.717) is 12.3 Å². The van der Waals surface area contributed by atoms with Crippen LogP contribution in [0.15, 0.2) is 0 Å². The predicted molar refractivity (Wildman–Crippen MR) is 65.0 cm³/mol. The standard InChI is InChI=1S/C11H22N2O2S/c12-8-11(13-6-4-10-2-3-10)5-1-7-16(14,15)9-11/h10,13H,1-9,12H2. The molecule has 1 atom stereocenters. The van der Waals surface area contributed by atoms with E-state index in [0.717, 1.165) is 25.3 Å². The first-order chi connectivity index (χ1) is 7.55. The van der Waals surface area contributed by atoms with Crippen LogP contribution in [0.5, 0.6) is 0 Å². The highest BCUT2D eigenvalue weighted by Gasteiger charge is 2.37. The zero-order valence-electron chi connectivity index (χ0n) is 9.74. The van der Waals surface area contributed by atoms with Crippen molar-refractivity contribution in [3.8, 4) is 0 Å². The summed E-state index contributed by atoms with van der Waals surface area (Å²) < 4.78 is 23.3. The summed E-state index contributed by atoms with van der Waals surface area (Å²) in [5, 5.41) is 3.41. The van der Waals surface area contributed by atoms with Gasteiger partial charge in [0, 0.05) is 12.1 Å². The van der Waals surface area contributed by atoms with Crippen LogP contribution in [0.2, 0.25) is 0 Å². The number of nitrogens with one attached hydrogen (secondary N) is 1. The third kappa shape index (κ3) is 3.18. The van der Waals surface area contributed by atoms with Crippen molar-refractivity contribution in [3.63, 3.8) is 0 Å². The zero-order chi connectivity index (χ0) is 11.6. The molecular weight excluding hydrogens is 224 g/mol. The molecule has 1 unspecified atom stereocenters. The molecule has 1 aliphatic heterocycles. The average Bonchev–Trinajstić information content (AvgIpc) is 3.00. The van der Waals surface area contributed by atoms with Crippen molar-refractivity contribution in [2.45, 2.75) is 37.6 Å². The molecule has 0 amide bonds. The molecule has 2 rings (SSSR count). The van der Waals surface area contributed by atoms with Crippen molar-refractivity contribution >= 4 is 9.84 Å². The topological polar surface area (TPSA) is 72.2 Å². The molecule has 5 heteroatoms. The summed E-state index contributed by atoms with van der Waals surface area (Å²) in [6, 6.07) is 0.